The molecule has 0 fully saturated rings. The van der Waals surface area contributed by atoms with Gasteiger partial charge in [0.2, 0.25) is 0 Å². The first-order valence-corrected chi connectivity index (χ1v) is 11.4. The van der Waals surface area contributed by atoms with Crippen molar-refractivity contribution in [3.8, 4) is 0 Å². The molecule has 178 valence electrons. The van der Waals surface area contributed by atoms with Gasteiger partial charge < -0.3 is 0 Å². The molecule has 2 nitrogen and oxygen atoms in total. The topological polar surface area (TPSA) is 28.7 Å². The first-order chi connectivity index (χ1) is 14.5. The average molecular weight is 441 g/mol. The Kier molecular flexibility index (Phi) is 13.5. The van der Waals surface area contributed by atoms with E-state index in [2.05, 4.69) is 95.9 Å². The second-order valence-corrected chi connectivity index (χ2v) is 9.32. The smallest absolute Gasteiger partial charge is 0.123 e. The largest absolute Gasteiger partial charge is 0.283 e. The van der Waals surface area contributed by atoms with Crippen LogP contribution in [0.2, 0.25) is 0 Å². The normalized spacial score (nSPS) is 10.4. The van der Waals surface area contributed by atoms with Crippen molar-refractivity contribution in [2.45, 2.75) is 93.4 Å². The van der Waals surface area contributed by atoms with Crippen molar-refractivity contribution in [1.82, 2.24) is 10.2 Å². The number of nitrogens with zero attached hydrogens (tertiary/aromatic N) is 1. The fraction of sp³-hybridized carbons (Fsp3) is 0.483. The van der Waals surface area contributed by atoms with Gasteiger partial charge in [0.05, 0.1) is 5.69 Å². The molecule has 0 spiro atoms. The van der Waals surface area contributed by atoms with Crippen molar-refractivity contribution in [2.24, 2.45) is 0 Å². The molecule has 0 bridgehead atoms. The summed E-state index contributed by atoms with van der Waals surface area (Å²) < 4.78 is 12.5. The molecule has 0 aliphatic rings. The van der Waals surface area contributed by atoms with Gasteiger partial charge in [0.1, 0.15) is 5.82 Å². The third-order valence-electron chi connectivity index (χ3n) is 5.08. The van der Waals surface area contributed by atoms with Gasteiger partial charge in [-0.1, -0.05) is 99.2 Å². The molecule has 2 aromatic carbocycles. The molecule has 1 N–H and O–H groups in total. The van der Waals surface area contributed by atoms with Gasteiger partial charge in [-0.25, -0.2) is 4.39 Å². The van der Waals surface area contributed by atoms with E-state index in [4.69, 9.17) is 0 Å². The van der Waals surface area contributed by atoms with Crippen LogP contribution in [0.3, 0.4) is 0 Å². The Morgan fingerprint density at radius 1 is 0.656 bits per heavy atom. The SMILES string of the molecule is C.CC(C)c1cccc(C(C)C)c1.CC(C)c1cccc(F)c1.Cc1cc(C(C)C)n[nH]1. The quantitative estimate of drug-likeness (QED) is 0.430. The monoisotopic (exact) mass is 440 g/mol. The third kappa shape index (κ3) is 10.7. The van der Waals surface area contributed by atoms with Gasteiger partial charge in [-0.3, -0.25) is 5.10 Å². The Morgan fingerprint density at radius 3 is 1.38 bits per heavy atom. The van der Waals surface area contributed by atoms with E-state index in [1.54, 1.807) is 12.1 Å². The lowest BCUT2D eigenvalue weighted by Crippen LogP contribution is -1.91. The van der Waals surface area contributed by atoms with Crippen LogP contribution >= 0.6 is 0 Å². The zero-order valence-electron chi connectivity index (χ0n) is 20.8. The summed E-state index contributed by atoms with van der Waals surface area (Å²) in [5.41, 5.74) is 6.23. The Labute approximate surface area is 196 Å². The zero-order valence-corrected chi connectivity index (χ0v) is 20.8. The second kappa shape index (κ2) is 14.6. The molecule has 0 amide bonds. The Morgan fingerprint density at radius 2 is 1.09 bits per heavy atom. The Balaban J connectivity index is 0.000000448. The van der Waals surface area contributed by atoms with Crippen LogP contribution in [0.15, 0.2) is 54.6 Å². The van der Waals surface area contributed by atoms with E-state index in [9.17, 15) is 4.39 Å². The van der Waals surface area contributed by atoms with Gasteiger partial charge in [-0.2, -0.15) is 5.10 Å². The maximum atomic E-state index is 12.5. The summed E-state index contributed by atoms with van der Waals surface area (Å²) in [4.78, 5) is 0. The van der Waals surface area contributed by atoms with Crippen molar-refractivity contribution < 1.29 is 4.39 Å². The maximum absolute atomic E-state index is 12.5. The Hall–Kier alpha value is -2.42. The predicted molar refractivity (Wildman–Crippen MR) is 139 cm³/mol. The number of hydrogen-bond acceptors (Lipinski definition) is 1. The molecule has 3 heteroatoms. The van der Waals surface area contributed by atoms with Crippen LogP contribution in [-0.4, -0.2) is 10.2 Å². The third-order valence-corrected chi connectivity index (χ3v) is 5.08. The summed E-state index contributed by atoms with van der Waals surface area (Å²) in [5.74, 6) is 2.09. The number of nitrogens with one attached hydrogen (secondary N) is 1. The van der Waals surface area contributed by atoms with Crippen LogP contribution in [0.4, 0.5) is 4.39 Å². The highest BCUT2D eigenvalue weighted by molar-refractivity contribution is 5.27. The fourth-order valence-corrected chi connectivity index (χ4v) is 2.88. The van der Waals surface area contributed by atoms with E-state index in [0.29, 0.717) is 23.7 Å². The molecule has 0 aliphatic carbocycles. The molecule has 0 unspecified atom stereocenters. The maximum Gasteiger partial charge on any atom is 0.123 e. The summed E-state index contributed by atoms with van der Waals surface area (Å²) in [5, 5.41) is 6.99. The van der Waals surface area contributed by atoms with Crippen LogP contribution in [-0.2, 0) is 0 Å². The molecule has 0 atom stereocenters. The molecule has 1 heterocycles. The number of H-pyrrole nitrogens is 1. The molecule has 1 aromatic heterocycles. The lowest BCUT2D eigenvalue weighted by molar-refractivity contribution is 0.623. The first-order valence-electron chi connectivity index (χ1n) is 11.4. The summed E-state index contributed by atoms with van der Waals surface area (Å²) in [6.07, 6.45) is 0. The van der Waals surface area contributed by atoms with E-state index in [-0.39, 0.29) is 13.2 Å². The minimum Gasteiger partial charge on any atom is -0.283 e. The van der Waals surface area contributed by atoms with E-state index < -0.39 is 0 Å². The minimum absolute atomic E-state index is 0. The van der Waals surface area contributed by atoms with Gasteiger partial charge >= 0.3 is 0 Å². The highest BCUT2D eigenvalue weighted by Gasteiger charge is 2.02. The predicted octanol–water partition coefficient (Wildman–Crippen LogP) is 9.36. The Bertz CT molecular complexity index is 868. The van der Waals surface area contributed by atoms with Crippen molar-refractivity contribution >= 4 is 0 Å². The van der Waals surface area contributed by atoms with Gasteiger partial charge in [0, 0.05) is 5.69 Å². The van der Waals surface area contributed by atoms with Crippen molar-refractivity contribution in [3.05, 3.63) is 88.5 Å². The molecule has 0 saturated carbocycles. The minimum atomic E-state index is -0.147. The van der Waals surface area contributed by atoms with Crippen LogP contribution < -0.4 is 0 Å². The van der Waals surface area contributed by atoms with E-state index in [1.807, 2.05) is 13.0 Å². The van der Waals surface area contributed by atoms with Crippen molar-refractivity contribution in [2.75, 3.05) is 0 Å². The van der Waals surface area contributed by atoms with Gasteiger partial charge in [0.15, 0.2) is 0 Å². The van der Waals surface area contributed by atoms with Crippen LogP contribution in [0.1, 0.15) is 115 Å². The van der Waals surface area contributed by atoms with E-state index in [0.717, 1.165) is 17.0 Å². The molecule has 0 saturated heterocycles. The average Bonchev–Trinajstić information content (AvgIpc) is 3.16. The number of benzene rings is 2. The molecule has 3 aromatic rings. The number of hydrogen-bond donors (Lipinski definition) is 1. The van der Waals surface area contributed by atoms with E-state index >= 15 is 0 Å². The lowest BCUT2D eigenvalue weighted by Gasteiger charge is -2.09. The molecular formula is C29H45FN2. The van der Waals surface area contributed by atoms with Crippen molar-refractivity contribution in [1.29, 1.82) is 0 Å². The highest BCUT2D eigenvalue weighted by atomic mass is 19.1. The number of aromatic amines is 1. The number of aryl methyl sites for hydroxylation is 1. The summed E-state index contributed by atoms with van der Waals surface area (Å²) in [7, 11) is 0. The van der Waals surface area contributed by atoms with Gasteiger partial charge in [0.25, 0.3) is 0 Å². The van der Waals surface area contributed by atoms with Gasteiger partial charge in [-0.15, -0.1) is 0 Å². The van der Waals surface area contributed by atoms with Crippen LogP contribution in [0, 0.1) is 12.7 Å². The molecular weight excluding hydrogens is 395 g/mol. The highest BCUT2D eigenvalue weighted by Crippen LogP contribution is 2.20. The summed E-state index contributed by atoms with van der Waals surface area (Å²) in [6.45, 7) is 19.3. The van der Waals surface area contributed by atoms with Crippen molar-refractivity contribution in [3.63, 3.8) is 0 Å². The number of halogens is 1. The van der Waals surface area contributed by atoms with Gasteiger partial charge in [-0.05, 0) is 65.5 Å². The molecule has 0 radical (unpaired) electrons. The molecule has 32 heavy (non-hydrogen) atoms. The standard InChI is InChI=1S/C12H18.C9H11F.C7H12N2.CH4/c1-9(2)11-6-5-7-12(8-11)10(3)4;1-7(2)8-4-3-5-9(10)6-8;1-5(2)7-4-6(3)8-9-7;/h5-10H,1-4H3;3-7H,1-2H3;4-5H,1-3H3,(H,8,9);1H4. The second-order valence-electron chi connectivity index (χ2n) is 9.32. The van der Waals surface area contributed by atoms with Crippen LogP contribution in [0.5, 0.6) is 0 Å². The number of rotatable bonds is 4. The summed E-state index contributed by atoms with van der Waals surface area (Å²) in [6, 6.07) is 17.7. The first kappa shape index (κ1) is 29.6. The van der Waals surface area contributed by atoms with Crippen LogP contribution in [0.25, 0.3) is 0 Å². The molecule has 3 rings (SSSR count). The lowest BCUT2D eigenvalue weighted by atomic mass is 9.96. The summed E-state index contributed by atoms with van der Waals surface area (Å²) >= 11 is 0. The van der Waals surface area contributed by atoms with E-state index in [1.165, 1.54) is 17.2 Å². The molecule has 0 aliphatic heterocycles. The number of aromatic nitrogens is 2. The fourth-order valence-electron chi connectivity index (χ4n) is 2.88. The zero-order chi connectivity index (χ0) is 23.6.